The predicted molar refractivity (Wildman–Crippen MR) is 121 cm³/mol. The van der Waals surface area contributed by atoms with Crippen LogP contribution in [0.2, 0.25) is 0 Å². The maximum atomic E-state index is 10.3. The number of hydrogen-bond donors (Lipinski definition) is 2. The van der Waals surface area contributed by atoms with Crippen molar-refractivity contribution in [2.24, 2.45) is 0 Å². The second-order valence-electron chi connectivity index (χ2n) is 6.91. The zero-order valence-electron chi connectivity index (χ0n) is 18.9. The largest absolute Gasteiger partial charge is 0.481 e. The van der Waals surface area contributed by atoms with Crippen LogP contribution in [0, 0.1) is 0 Å². The van der Waals surface area contributed by atoms with Gasteiger partial charge in [-0.05, 0) is 45.4 Å². The third-order valence-corrected chi connectivity index (χ3v) is 4.15. The number of carbonyl (C=O) groups is 1. The zero-order valence-corrected chi connectivity index (χ0v) is 18.9. The lowest BCUT2D eigenvalue weighted by molar-refractivity contribution is -0.137. The fraction of sp³-hybridized carbons (Fsp3) is 0.792. The Morgan fingerprint density at radius 3 is 1.93 bits per heavy atom. The number of aliphatic carboxylic acids is 1. The van der Waals surface area contributed by atoms with Gasteiger partial charge in [0.1, 0.15) is 0 Å². The summed E-state index contributed by atoms with van der Waals surface area (Å²) in [5.41, 5.74) is 0. The number of hydrogen-bond acceptors (Lipinski definition) is 4. The number of ether oxygens (including phenoxy) is 2. The van der Waals surface area contributed by atoms with Crippen molar-refractivity contribution >= 4 is 5.97 Å². The zero-order chi connectivity index (χ0) is 21.8. The highest BCUT2D eigenvalue weighted by atomic mass is 16.5. The van der Waals surface area contributed by atoms with Gasteiger partial charge in [-0.25, -0.2) is 0 Å². The summed E-state index contributed by atoms with van der Waals surface area (Å²) in [7, 11) is 0. The molecule has 0 fully saturated rings. The molecule has 172 valence electrons. The molecule has 0 bridgehead atoms. The van der Waals surface area contributed by atoms with Crippen LogP contribution in [-0.4, -0.2) is 49.2 Å². The first kappa shape index (κ1) is 30.0. The molecule has 5 nitrogen and oxygen atoms in total. The molecular weight excluding hydrogens is 368 g/mol. The van der Waals surface area contributed by atoms with Crippen LogP contribution in [0.3, 0.4) is 0 Å². The van der Waals surface area contributed by atoms with Crippen LogP contribution in [0.4, 0.5) is 0 Å². The third-order valence-electron chi connectivity index (χ3n) is 4.15. The smallest absolute Gasteiger partial charge is 0.303 e. The first-order valence-corrected chi connectivity index (χ1v) is 11.5. The molecule has 2 N–H and O–H groups in total. The van der Waals surface area contributed by atoms with E-state index in [-0.39, 0.29) is 6.61 Å². The summed E-state index contributed by atoms with van der Waals surface area (Å²) in [6.07, 6.45) is 22.3. The van der Waals surface area contributed by atoms with Crippen LogP contribution in [-0.2, 0) is 14.3 Å². The minimum Gasteiger partial charge on any atom is -0.481 e. The molecule has 0 unspecified atom stereocenters. The van der Waals surface area contributed by atoms with E-state index in [0.717, 1.165) is 32.3 Å². The first-order chi connectivity index (χ1) is 14.2. The molecule has 0 atom stereocenters. The minimum atomic E-state index is -0.671. The Bertz CT molecular complexity index is 360. The Hall–Kier alpha value is -1.17. The summed E-state index contributed by atoms with van der Waals surface area (Å²) >= 11 is 0. The molecule has 0 aliphatic heterocycles. The van der Waals surface area contributed by atoms with E-state index in [1.807, 2.05) is 6.92 Å². The summed E-state index contributed by atoms with van der Waals surface area (Å²) in [4.78, 5) is 10.3. The Morgan fingerprint density at radius 1 is 0.759 bits per heavy atom. The van der Waals surface area contributed by atoms with E-state index in [1.165, 1.54) is 44.9 Å². The number of carboxylic acids is 1. The van der Waals surface area contributed by atoms with E-state index in [0.29, 0.717) is 26.2 Å². The molecule has 5 heteroatoms. The topological polar surface area (TPSA) is 76.0 Å². The van der Waals surface area contributed by atoms with Crippen LogP contribution < -0.4 is 0 Å². The number of unbranched alkanes of at least 4 members (excludes halogenated alkanes) is 8. The molecule has 0 radical (unpaired) electrons. The van der Waals surface area contributed by atoms with Crippen molar-refractivity contribution in [3.05, 3.63) is 24.3 Å². The summed E-state index contributed by atoms with van der Waals surface area (Å²) in [5, 5.41) is 16.8. The van der Waals surface area contributed by atoms with E-state index in [4.69, 9.17) is 19.7 Å². The van der Waals surface area contributed by atoms with E-state index < -0.39 is 5.97 Å². The Morgan fingerprint density at radius 2 is 1.34 bits per heavy atom. The normalized spacial score (nSPS) is 11.1. The van der Waals surface area contributed by atoms with Gasteiger partial charge in [0.15, 0.2) is 0 Å². The molecule has 0 heterocycles. The lowest BCUT2D eigenvalue weighted by atomic mass is 10.1. The molecule has 0 saturated carbocycles. The minimum absolute atomic E-state index is 0.0894. The van der Waals surface area contributed by atoms with Crippen molar-refractivity contribution < 1.29 is 24.5 Å². The molecule has 29 heavy (non-hydrogen) atoms. The highest BCUT2D eigenvalue weighted by molar-refractivity contribution is 5.66. The van der Waals surface area contributed by atoms with Crippen molar-refractivity contribution in [1.29, 1.82) is 0 Å². The van der Waals surface area contributed by atoms with Crippen molar-refractivity contribution in [3.63, 3.8) is 0 Å². The van der Waals surface area contributed by atoms with E-state index >= 15 is 0 Å². The van der Waals surface area contributed by atoms with Gasteiger partial charge in [-0.15, -0.1) is 0 Å². The third kappa shape index (κ3) is 34.7. The van der Waals surface area contributed by atoms with Gasteiger partial charge in [0.2, 0.25) is 0 Å². The number of carboxylic acid groups (broad SMARTS) is 1. The molecule has 0 aromatic rings. The monoisotopic (exact) mass is 414 g/mol. The molecule has 0 aliphatic rings. The second kappa shape index (κ2) is 29.0. The lowest BCUT2D eigenvalue weighted by Crippen LogP contribution is -2.06. The summed E-state index contributed by atoms with van der Waals surface area (Å²) in [6, 6.07) is 0. The summed E-state index contributed by atoms with van der Waals surface area (Å²) in [5.74, 6) is -0.671. The highest BCUT2D eigenvalue weighted by Crippen LogP contribution is 2.08. The molecule has 0 rings (SSSR count). The second-order valence-corrected chi connectivity index (χ2v) is 6.91. The van der Waals surface area contributed by atoms with Crippen LogP contribution >= 0.6 is 0 Å². The van der Waals surface area contributed by atoms with Crippen molar-refractivity contribution in [2.75, 3.05) is 33.0 Å². The SMILES string of the molecule is CCCCC/C=C\C/C=C\CCCCCCCC(=O)O.CCOCCOCCO. The van der Waals surface area contributed by atoms with E-state index in [1.54, 1.807) is 0 Å². The number of rotatable bonds is 20. The van der Waals surface area contributed by atoms with Crippen LogP contribution in [0.1, 0.15) is 90.9 Å². The van der Waals surface area contributed by atoms with Crippen LogP contribution in [0.25, 0.3) is 0 Å². The van der Waals surface area contributed by atoms with Crippen LogP contribution in [0.5, 0.6) is 0 Å². The van der Waals surface area contributed by atoms with Crippen molar-refractivity contribution in [2.45, 2.75) is 90.9 Å². The summed E-state index contributed by atoms with van der Waals surface area (Å²) < 4.78 is 9.88. The molecule has 0 spiro atoms. The quantitative estimate of drug-likeness (QED) is 0.191. The first-order valence-electron chi connectivity index (χ1n) is 11.5. The molecule has 0 aliphatic carbocycles. The lowest BCUT2D eigenvalue weighted by Gasteiger charge is -2.00. The fourth-order valence-electron chi connectivity index (χ4n) is 2.52. The Balaban J connectivity index is 0. The van der Waals surface area contributed by atoms with Gasteiger partial charge in [0.05, 0.1) is 26.4 Å². The standard InChI is InChI=1S/C18H32O2.C6H14O3/c1-2-3-4-5-6-7-8-9-10-11-12-13-14-15-16-17-18(19)20;1-2-8-5-6-9-4-3-7/h6-7,9-10H,2-5,8,11-17H2,1H3,(H,19,20);7H,2-6H2,1H3/b7-6-,10-9-;. The van der Waals surface area contributed by atoms with Gasteiger partial charge in [-0.1, -0.05) is 63.3 Å². The van der Waals surface area contributed by atoms with E-state index in [9.17, 15) is 4.79 Å². The van der Waals surface area contributed by atoms with Crippen molar-refractivity contribution in [1.82, 2.24) is 0 Å². The molecule has 0 aromatic heterocycles. The number of aliphatic hydroxyl groups excluding tert-OH is 1. The van der Waals surface area contributed by atoms with Crippen molar-refractivity contribution in [3.8, 4) is 0 Å². The van der Waals surface area contributed by atoms with Gasteiger partial charge in [-0.2, -0.15) is 0 Å². The predicted octanol–water partition coefficient (Wildman–Crippen LogP) is 5.92. The van der Waals surface area contributed by atoms with Gasteiger partial charge in [0, 0.05) is 13.0 Å². The Labute approximate surface area is 179 Å². The highest BCUT2D eigenvalue weighted by Gasteiger charge is 1.95. The van der Waals surface area contributed by atoms with Gasteiger partial charge in [0.25, 0.3) is 0 Å². The molecule has 0 amide bonds. The molecular formula is C24H46O5. The van der Waals surface area contributed by atoms with Crippen LogP contribution in [0.15, 0.2) is 24.3 Å². The maximum Gasteiger partial charge on any atom is 0.303 e. The van der Waals surface area contributed by atoms with Gasteiger partial charge >= 0.3 is 5.97 Å². The average molecular weight is 415 g/mol. The molecule has 0 saturated heterocycles. The fourth-order valence-corrected chi connectivity index (χ4v) is 2.52. The van der Waals surface area contributed by atoms with Gasteiger partial charge in [-0.3, -0.25) is 4.79 Å². The van der Waals surface area contributed by atoms with E-state index in [2.05, 4.69) is 31.2 Å². The Kier molecular flexibility index (Phi) is 30.1. The van der Waals surface area contributed by atoms with Gasteiger partial charge < -0.3 is 19.7 Å². The number of allylic oxidation sites excluding steroid dienone is 4. The summed E-state index contributed by atoms with van der Waals surface area (Å²) in [6.45, 7) is 6.59. The molecule has 0 aromatic carbocycles. The number of aliphatic hydroxyl groups is 1. The average Bonchev–Trinajstić information content (AvgIpc) is 2.71. The maximum absolute atomic E-state index is 10.3.